The molecule has 0 aliphatic carbocycles. The van der Waals surface area contributed by atoms with Crippen molar-refractivity contribution < 1.29 is 9.47 Å². The highest BCUT2D eigenvalue weighted by atomic mass is 16.5. The van der Waals surface area contributed by atoms with Crippen molar-refractivity contribution in [3.8, 4) is 56.0 Å². The molecule has 0 saturated carbocycles. The molecule has 2 heteroatoms. The minimum absolute atomic E-state index is 0.788. The maximum atomic E-state index is 6.05. The third kappa shape index (κ3) is 9.72. The van der Waals surface area contributed by atoms with Gasteiger partial charge in [0.05, 0.1) is 13.2 Å². The lowest BCUT2D eigenvalue weighted by atomic mass is 9.85. The fourth-order valence-electron chi connectivity index (χ4n) is 8.04. The smallest absolute Gasteiger partial charge is 0.119 e. The third-order valence-corrected chi connectivity index (χ3v) is 11.2. The van der Waals surface area contributed by atoms with E-state index >= 15 is 0 Å². The lowest BCUT2D eigenvalue weighted by Crippen LogP contribution is -1.97. The predicted octanol–water partition coefficient (Wildman–Crippen LogP) is 16.1. The standard InChI is InChI=1S/C54H58O2/c1-3-5-7-9-11-17-39-55-47-35-31-43(32-36-47)41-23-27-45(28-24-41)53-49-19-13-15-21-51(49)54(52-22-16-14-20-50(52)53)46-29-25-42(26-30-46)44-33-37-48(38-34-44)56-40-18-12-10-8-6-4-2/h13-16,19-38H,3-12,17-18,39-40H2,1-2H3. The number of fused-ring (bicyclic) bond motifs is 2. The van der Waals surface area contributed by atoms with Gasteiger partial charge in [-0.1, -0.05) is 199 Å². The van der Waals surface area contributed by atoms with Crippen LogP contribution in [0.4, 0.5) is 0 Å². The van der Waals surface area contributed by atoms with Gasteiger partial charge < -0.3 is 9.47 Å². The molecule has 0 amide bonds. The Kier molecular flexibility index (Phi) is 13.9. The van der Waals surface area contributed by atoms with Crippen LogP contribution in [0.1, 0.15) is 90.9 Å². The van der Waals surface area contributed by atoms with Gasteiger partial charge >= 0.3 is 0 Å². The molecule has 286 valence electrons. The van der Waals surface area contributed by atoms with E-state index < -0.39 is 0 Å². The zero-order valence-electron chi connectivity index (χ0n) is 33.6. The van der Waals surface area contributed by atoms with Crippen LogP contribution in [0.3, 0.4) is 0 Å². The van der Waals surface area contributed by atoms with Crippen molar-refractivity contribution in [1.82, 2.24) is 0 Å². The van der Waals surface area contributed by atoms with Gasteiger partial charge in [0.25, 0.3) is 0 Å². The van der Waals surface area contributed by atoms with E-state index in [4.69, 9.17) is 9.47 Å². The topological polar surface area (TPSA) is 18.5 Å². The Bertz CT molecular complexity index is 2030. The molecule has 2 nitrogen and oxygen atoms in total. The molecular weight excluding hydrogens is 681 g/mol. The molecule has 0 aliphatic rings. The predicted molar refractivity (Wildman–Crippen MR) is 241 cm³/mol. The number of hydrogen-bond acceptors (Lipinski definition) is 2. The van der Waals surface area contributed by atoms with E-state index in [1.165, 1.54) is 130 Å². The quantitative estimate of drug-likeness (QED) is 0.0573. The summed E-state index contributed by atoms with van der Waals surface area (Å²) >= 11 is 0. The van der Waals surface area contributed by atoms with Crippen LogP contribution in [-0.4, -0.2) is 13.2 Å². The van der Waals surface area contributed by atoms with Crippen molar-refractivity contribution in [1.29, 1.82) is 0 Å². The second kappa shape index (κ2) is 20.0. The van der Waals surface area contributed by atoms with Crippen molar-refractivity contribution in [3.05, 3.63) is 146 Å². The molecule has 7 aromatic carbocycles. The van der Waals surface area contributed by atoms with Crippen molar-refractivity contribution in [2.45, 2.75) is 90.9 Å². The van der Waals surface area contributed by atoms with Gasteiger partial charge in [0.1, 0.15) is 11.5 Å². The summed E-state index contributed by atoms with van der Waals surface area (Å²) in [4.78, 5) is 0. The maximum Gasteiger partial charge on any atom is 0.119 e. The average Bonchev–Trinajstić information content (AvgIpc) is 3.25. The van der Waals surface area contributed by atoms with Gasteiger partial charge in [-0.2, -0.15) is 0 Å². The minimum Gasteiger partial charge on any atom is -0.494 e. The van der Waals surface area contributed by atoms with E-state index in [1.807, 2.05) is 0 Å². The first kappa shape index (κ1) is 38.9. The van der Waals surface area contributed by atoms with Gasteiger partial charge in [-0.3, -0.25) is 0 Å². The van der Waals surface area contributed by atoms with E-state index in [1.54, 1.807) is 0 Å². The Balaban J connectivity index is 1.08. The van der Waals surface area contributed by atoms with E-state index in [0.29, 0.717) is 0 Å². The second-order valence-corrected chi connectivity index (χ2v) is 15.3. The average molecular weight is 739 g/mol. The molecule has 0 aliphatic heterocycles. The highest BCUT2D eigenvalue weighted by Gasteiger charge is 2.17. The van der Waals surface area contributed by atoms with Gasteiger partial charge in [0, 0.05) is 0 Å². The fraction of sp³-hybridized carbons (Fsp3) is 0.296. The van der Waals surface area contributed by atoms with E-state index in [0.717, 1.165) is 37.6 Å². The van der Waals surface area contributed by atoms with E-state index in [2.05, 4.69) is 159 Å². The van der Waals surface area contributed by atoms with Crippen molar-refractivity contribution in [2.24, 2.45) is 0 Å². The van der Waals surface area contributed by atoms with Crippen LogP contribution in [0.25, 0.3) is 66.1 Å². The normalized spacial score (nSPS) is 11.3. The number of benzene rings is 7. The first-order chi connectivity index (χ1) is 27.7. The number of rotatable bonds is 20. The first-order valence-corrected chi connectivity index (χ1v) is 21.3. The Labute approximate surface area is 335 Å². The SMILES string of the molecule is CCCCCCCCOc1ccc(-c2ccc(-c3c4ccccc4c(-c4ccc(-c5ccc(OCCCCCCCC)cc5)cc4)c4ccccc34)cc2)cc1. The summed E-state index contributed by atoms with van der Waals surface area (Å²) in [6, 6.07) is 53.1. The van der Waals surface area contributed by atoms with Crippen LogP contribution in [0.2, 0.25) is 0 Å². The maximum absolute atomic E-state index is 6.05. The van der Waals surface area contributed by atoms with Crippen molar-refractivity contribution in [3.63, 3.8) is 0 Å². The molecule has 7 rings (SSSR count). The summed E-state index contributed by atoms with van der Waals surface area (Å²) in [7, 11) is 0. The summed E-state index contributed by atoms with van der Waals surface area (Å²) < 4.78 is 12.1. The fourth-order valence-corrected chi connectivity index (χ4v) is 8.04. The van der Waals surface area contributed by atoms with Gasteiger partial charge in [-0.05, 0) is 103 Å². The molecule has 0 bridgehead atoms. The molecule has 0 aromatic heterocycles. The Hall–Kier alpha value is -5.34. The molecule has 0 heterocycles. The summed E-state index contributed by atoms with van der Waals surface area (Å²) in [5, 5.41) is 5.06. The van der Waals surface area contributed by atoms with Gasteiger partial charge in [-0.15, -0.1) is 0 Å². The summed E-state index contributed by atoms with van der Waals surface area (Å²) in [5.41, 5.74) is 9.81. The van der Waals surface area contributed by atoms with E-state index in [-0.39, 0.29) is 0 Å². The monoisotopic (exact) mass is 738 g/mol. The second-order valence-electron chi connectivity index (χ2n) is 15.3. The third-order valence-electron chi connectivity index (χ3n) is 11.2. The molecular formula is C54H58O2. The molecule has 56 heavy (non-hydrogen) atoms. The molecule has 0 saturated heterocycles. The summed E-state index contributed by atoms with van der Waals surface area (Å²) in [5.74, 6) is 1.90. The van der Waals surface area contributed by atoms with Crippen molar-refractivity contribution in [2.75, 3.05) is 13.2 Å². The van der Waals surface area contributed by atoms with Gasteiger partial charge in [0.15, 0.2) is 0 Å². The molecule has 0 spiro atoms. The Morgan fingerprint density at radius 1 is 0.286 bits per heavy atom. The Morgan fingerprint density at radius 3 is 0.875 bits per heavy atom. The zero-order chi connectivity index (χ0) is 38.4. The molecule has 0 N–H and O–H groups in total. The highest BCUT2D eigenvalue weighted by Crippen LogP contribution is 2.44. The highest BCUT2D eigenvalue weighted by molar-refractivity contribution is 6.21. The summed E-state index contributed by atoms with van der Waals surface area (Å²) in [6.07, 6.45) is 15.3. The number of unbranched alkanes of at least 4 members (excludes halogenated alkanes) is 10. The Morgan fingerprint density at radius 2 is 0.554 bits per heavy atom. The minimum atomic E-state index is 0.788. The van der Waals surface area contributed by atoms with Crippen LogP contribution < -0.4 is 9.47 Å². The van der Waals surface area contributed by atoms with Crippen LogP contribution in [-0.2, 0) is 0 Å². The van der Waals surface area contributed by atoms with Crippen LogP contribution in [0, 0.1) is 0 Å². The lowest BCUT2D eigenvalue weighted by Gasteiger charge is -2.18. The van der Waals surface area contributed by atoms with Crippen molar-refractivity contribution >= 4 is 21.5 Å². The van der Waals surface area contributed by atoms with Crippen LogP contribution >= 0.6 is 0 Å². The van der Waals surface area contributed by atoms with Crippen LogP contribution in [0.5, 0.6) is 11.5 Å². The molecule has 0 fully saturated rings. The molecule has 7 aromatic rings. The lowest BCUT2D eigenvalue weighted by molar-refractivity contribution is 0.304. The number of hydrogen-bond donors (Lipinski definition) is 0. The molecule has 0 radical (unpaired) electrons. The van der Waals surface area contributed by atoms with Crippen LogP contribution in [0.15, 0.2) is 146 Å². The largest absolute Gasteiger partial charge is 0.494 e. The summed E-state index contributed by atoms with van der Waals surface area (Å²) in [6.45, 7) is 6.10. The first-order valence-electron chi connectivity index (χ1n) is 21.3. The van der Waals surface area contributed by atoms with Gasteiger partial charge in [0.2, 0.25) is 0 Å². The zero-order valence-corrected chi connectivity index (χ0v) is 33.6. The number of ether oxygens (including phenoxy) is 2. The van der Waals surface area contributed by atoms with Gasteiger partial charge in [-0.25, -0.2) is 0 Å². The molecule has 0 atom stereocenters. The van der Waals surface area contributed by atoms with E-state index in [9.17, 15) is 0 Å². The molecule has 0 unspecified atom stereocenters.